The van der Waals surface area contributed by atoms with Gasteiger partial charge in [-0.25, -0.2) is 0 Å². The van der Waals surface area contributed by atoms with Gasteiger partial charge in [-0.05, 0) is 40.8 Å². The van der Waals surface area contributed by atoms with Crippen LogP contribution in [-0.2, 0) is 10.2 Å². The van der Waals surface area contributed by atoms with Crippen molar-refractivity contribution in [2.75, 3.05) is 7.11 Å². The van der Waals surface area contributed by atoms with E-state index < -0.39 is 12.0 Å². The highest BCUT2D eigenvalue weighted by molar-refractivity contribution is 5.94. The van der Waals surface area contributed by atoms with Gasteiger partial charge in [0.05, 0.1) is 13.2 Å². The maximum absolute atomic E-state index is 12.5. The van der Waals surface area contributed by atoms with Crippen LogP contribution in [-0.4, -0.2) is 19.0 Å². The first-order chi connectivity index (χ1) is 12.2. The molecule has 0 radical (unpaired) electrons. The molecule has 2 aromatic rings. The third-order valence-corrected chi connectivity index (χ3v) is 4.21. The molecule has 1 atom stereocenters. The van der Waals surface area contributed by atoms with Crippen LogP contribution >= 0.6 is 0 Å². The lowest BCUT2D eigenvalue weighted by Gasteiger charge is -2.23. The van der Waals surface area contributed by atoms with Crippen molar-refractivity contribution in [3.05, 3.63) is 65.2 Å². The molecule has 0 unspecified atom stereocenters. The van der Waals surface area contributed by atoms with E-state index in [0.717, 1.165) is 11.1 Å². The quantitative estimate of drug-likeness (QED) is 0.865. The molecule has 2 rings (SSSR count). The summed E-state index contributed by atoms with van der Waals surface area (Å²) in [5.74, 6) is -0.922. The molecule has 26 heavy (non-hydrogen) atoms. The lowest BCUT2D eigenvalue weighted by molar-refractivity contribution is -0.306. The Balaban J connectivity index is 2.21. The Bertz CT molecular complexity index is 758. The summed E-state index contributed by atoms with van der Waals surface area (Å²) in [5.41, 5.74) is 2.29. The van der Waals surface area contributed by atoms with E-state index in [1.165, 1.54) is 0 Å². The van der Waals surface area contributed by atoms with E-state index in [1.807, 2.05) is 24.3 Å². The molecule has 138 valence electrons. The van der Waals surface area contributed by atoms with E-state index in [1.54, 1.807) is 31.4 Å². The highest BCUT2D eigenvalue weighted by Gasteiger charge is 2.18. The first-order valence-corrected chi connectivity index (χ1v) is 8.46. The molecule has 0 aliphatic carbocycles. The number of amides is 1. The number of carboxylic acid groups (broad SMARTS) is 1. The van der Waals surface area contributed by atoms with Gasteiger partial charge in [-0.15, -0.1) is 0 Å². The minimum atomic E-state index is -1.22. The summed E-state index contributed by atoms with van der Waals surface area (Å²) >= 11 is 0. The number of methoxy groups -OCH3 is 1. The fourth-order valence-electron chi connectivity index (χ4n) is 2.62. The SMILES string of the molecule is COc1ccc(C(=O)N[C@H](CC(=O)[O-])c2ccc(C(C)(C)C)cc2)cc1. The average molecular weight is 354 g/mol. The molecule has 0 aromatic heterocycles. The second kappa shape index (κ2) is 8.04. The smallest absolute Gasteiger partial charge is 0.251 e. The van der Waals surface area contributed by atoms with Crippen molar-refractivity contribution < 1.29 is 19.4 Å². The van der Waals surface area contributed by atoms with Gasteiger partial charge in [0.25, 0.3) is 5.91 Å². The van der Waals surface area contributed by atoms with Crippen LogP contribution in [0.25, 0.3) is 0 Å². The third kappa shape index (κ3) is 5.09. The monoisotopic (exact) mass is 354 g/mol. The van der Waals surface area contributed by atoms with Crippen molar-refractivity contribution in [1.29, 1.82) is 0 Å². The summed E-state index contributed by atoms with van der Waals surface area (Å²) in [6, 6.07) is 13.6. The number of aliphatic carboxylic acids is 1. The highest BCUT2D eigenvalue weighted by atomic mass is 16.5. The zero-order valence-electron chi connectivity index (χ0n) is 15.5. The minimum Gasteiger partial charge on any atom is -0.550 e. The Morgan fingerprint density at radius 3 is 2.08 bits per heavy atom. The number of ether oxygens (including phenoxy) is 1. The van der Waals surface area contributed by atoms with E-state index in [4.69, 9.17) is 4.74 Å². The molecule has 0 saturated carbocycles. The predicted octanol–water partition coefficient (Wildman–Crippen LogP) is 2.60. The molecule has 5 nitrogen and oxygen atoms in total. The van der Waals surface area contributed by atoms with Crippen LogP contribution in [0.2, 0.25) is 0 Å². The van der Waals surface area contributed by atoms with Crippen LogP contribution in [0.4, 0.5) is 0 Å². The van der Waals surface area contributed by atoms with Crippen molar-refractivity contribution in [2.45, 2.75) is 38.6 Å². The van der Waals surface area contributed by atoms with Crippen LogP contribution in [0.5, 0.6) is 5.75 Å². The molecule has 0 aliphatic rings. The maximum atomic E-state index is 12.5. The molecule has 1 amide bonds. The second-order valence-corrected chi connectivity index (χ2v) is 7.20. The van der Waals surface area contributed by atoms with E-state index in [2.05, 4.69) is 26.1 Å². The number of hydrogen-bond acceptors (Lipinski definition) is 4. The molecule has 5 heteroatoms. The summed E-state index contributed by atoms with van der Waals surface area (Å²) in [6.07, 6.45) is -0.295. The number of carbonyl (C=O) groups is 2. The number of nitrogens with one attached hydrogen (secondary N) is 1. The first-order valence-electron chi connectivity index (χ1n) is 8.46. The van der Waals surface area contributed by atoms with Gasteiger partial charge >= 0.3 is 0 Å². The zero-order chi connectivity index (χ0) is 19.3. The molecule has 0 aliphatic heterocycles. The van der Waals surface area contributed by atoms with E-state index in [-0.39, 0.29) is 17.7 Å². The largest absolute Gasteiger partial charge is 0.550 e. The number of benzene rings is 2. The van der Waals surface area contributed by atoms with Crippen LogP contribution < -0.4 is 15.2 Å². The van der Waals surface area contributed by atoms with Gasteiger partial charge in [0, 0.05) is 18.0 Å². The maximum Gasteiger partial charge on any atom is 0.251 e. The molecule has 2 aromatic carbocycles. The van der Waals surface area contributed by atoms with Crippen LogP contribution in [0.1, 0.15) is 54.7 Å². The fourth-order valence-corrected chi connectivity index (χ4v) is 2.62. The molecule has 0 bridgehead atoms. The van der Waals surface area contributed by atoms with Crippen LogP contribution in [0.3, 0.4) is 0 Å². The van der Waals surface area contributed by atoms with Crippen molar-refractivity contribution in [1.82, 2.24) is 5.32 Å². The van der Waals surface area contributed by atoms with Crippen molar-refractivity contribution >= 4 is 11.9 Å². The highest BCUT2D eigenvalue weighted by Crippen LogP contribution is 2.25. The van der Waals surface area contributed by atoms with Crippen molar-refractivity contribution in [3.63, 3.8) is 0 Å². The lowest BCUT2D eigenvalue weighted by Crippen LogP contribution is -2.34. The second-order valence-electron chi connectivity index (χ2n) is 7.20. The molecular weight excluding hydrogens is 330 g/mol. The van der Waals surface area contributed by atoms with E-state index >= 15 is 0 Å². The Morgan fingerprint density at radius 2 is 1.62 bits per heavy atom. The average Bonchev–Trinajstić information content (AvgIpc) is 2.60. The predicted molar refractivity (Wildman–Crippen MR) is 98.0 cm³/mol. The van der Waals surface area contributed by atoms with Gasteiger partial charge in [0.2, 0.25) is 0 Å². The lowest BCUT2D eigenvalue weighted by atomic mass is 9.86. The van der Waals surface area contributed by atoms with Gasteiger partial charge in [-0.2, -0.15) is 0 Å². The van der Waals surface area contributed by atoms with E-state index in [0.29, 0.717) is 11.3 Å². The number of carboxylic acids is 1. The number of rotatable bonds is 6. The standard InChI is InChI=1S/C21H25NO4/c1-21(2,3)16-9-5-14(6-10-16)18(13-19(23)24)22-20(25)15-7-11-17(26-4)12-8-15/h5-12,18H,13H2,1-4H3,(H,22,25)(H,23,24)/p-1/t18-/m1/s1. The Labute approximate surface area is 154 Å². The summed E-state index contributed by atoms with van der Waals surface area (Å²) < 4.78 is 5.07. The topological polar surface area (TPSA) is 78.5 Å². The Kier molecular flexibility index (Phi) is 6.03. The Hall–Kier alpha value is -2.82. The third-order valence-electron chi connectivity index (χ3n) is 4.21. The van der Waals surface area contributed by atoms with Gasteiger partial charge in [0.15, 0.2) is 0 Å². The Morgan fingerprint density at radius 1 is 1.04 bits per heavy atom. The summed E-state index contributed by atoms with van der Waals surface area (Å²) in [7, 11) is 1.55. The molecular formula is C21H24NO4-. The fraction of sp³-hybridized carbons (Fsp3) is 0.333. The van der Waals surface area contributed by atoms with Gasteiger partial charge in [-0.3, -0.25) is 4.79 Å². The van der Waals surface area contributed by atoms with E-state index in [9.17, 15) is 14.7 Å². The van der Waals surface area contributed by atoms with Crippen molar-refractivity contribution in [3.8, 4) is 5.75 Å². The van der Waals surface area contributed by atoms with Gasteiger partial charge < -0.3 is 20.0 Å². The molecule has 1 N–H and O–H groups in total. The molecule has 0 spiro atoms. The number of carbonyl (C=O) groups excluding carboxylic acids is 2. The zero-order valence-corrected chi connectivity index (χ0v) is 15.5. The minimum absolute atomic E-state index is 0.00524. The molecule has 0 heterocycles. The molecule has 0 saturated heterocycles. The van der Waals surface area contributed by atoms with Crippen LogP contribution in [0, 0.1) is 0 Å². The van der Waals surface area contributed by atoms with Crippen molar-refractivity contribution in [2.24, 2.45) is 0 Å². The first kappa shape index (κ1) is 19.5. The summed E-state index contributed by atoms with van der Waals surface area (Å²) in [4.78, 5) is 23.6. The summed E-state index contributed by atoms with van der Waals surface area (Å²) in [6.45, 7) is 6.31. The van der Waals surface area contributed by atoms with Gasteiger partial charge in [-0.1, -0.05) is 45.0 Å². The number of hydrogen-bond donors (Lipinski definition) is 1. The summed E-state index contributed by atoms with van der Waals surface area (Å²) in [5, 5.41) is 13.9. The van der Waals surface area contributed by atoms with Crippen LogP contribution in [0.15, 0.2) is 48.5 Å². The normalized spacial score (nSPS) is 12.3. The van der Waals surface area contributed by atoms with Gasteiger partial charge in [0.1, 0.15) is 5.75 Å². The molecule has 0 fully saturated rings.